The number of rotatable bonds is 7. The largest absolute Gasteiger partial charge is 0.388 e. The third kappa shape index (κ3) is 4.82. The lowest BCUT2D eigenvalue weighted by molar-refractivity contribution is -0.320. The van der Waals surface area contributed by atoms with Crippen LogP contribution >= 0.6 is 0 Å². The summed E-state index contributed by atoms with van der Waals surface area (Å²) in [6.45, 7) is -0.371. The molecule has 4 rings (SSSR count). The Balaban J connectivity index is 1.31. The molecule has 3 heterocycles. The lowest BCUT2D eigenvalue weighted by atomic mass is 9.99. The van der Waals surface area contributed by atoms with Crippen molar-refractivity contribution in [1.82, 2.24) is 4.98 Å². The monoisotopic (exact) mass is 455 g/mol. The predicted molar refractivity (Wildman–Crippen MR) is 108 cm³/mol. The van der Waals surface area contributed by atoms with E-state index in [1.807, 2.05) is 30.5 Å². The van der Waals surface area contributed by atoms with Gasteiger partial charge in [-0.25, -0.2) is 0 Å². The van der Waals surface area contributed by atoms with Gasteiger partial charge in [-0.1, -0.05) is 18.2 Å². The van der Waals surface area contributed by atoms with E-state index < -0.39 is 55.3 Å². The van der Waals surface area contributed by atoms with Crippen LogP contribution < -0.4 is 0 Å². The number of aromatic nitrogens is 1. The molecule has 0 spiro atoms. The van der Waals surface area contributed by atoms with Crippen molar-refractivity contribution in [3.8, 4) is 0 Å². The van der Waals surface area contributed by atoms with Gasteiger partial charge in [-0.05, 0) is 18.1 Å². The molecule has 2 aliphatic rings. The molecule has 0 saturated carbocycles. The Bertz CT molecular complexity index is 877. The minimum Gasteiger partial charge on any atom is -0.388 e. The number of aliphatic hydroxyl groups is 6. The zero-order valence-corrected chi connectivity index (χ0v) is 17.2. The first-order valence-electron chi connectivity index (χ1n) is 10.5. The number of aliphatic hydroxyl groups excluding tert-OH is 6. The van der Waals surface area contributed by atoms with Crippen LogP contribution in [0.5, 0.6) is 0 Å². The Morgan fingerprint density at radius 2 is 1.62 bits per heavy atom. The van der Waals surface area contributed by atoms with Gasteiger partial charge in [0, 0.05) is 17.1 Å². The number of aromatic amines is 1. The highest BCUT2D eigenvalue weighted by Crippen LogP contribution is 2.25. The summed E-state index contributed by atoms with van der Waals surface area (Å²) < 4.78 is 21.8. The van der Waals surface area contributed by atoms with Crippen molar-refractivity contribution in [2.75, 3.05) is 19.8 Å². The van der Waals surface area contributed by atoms with Crippen LogP contribution in [0.3, 0.4) is 0 Å². The normalized spacial score (nSPS) is 38.2. The van der Waals surface area contributed by atoms with Crippen LogP contribution in [0.25, 0.3) is 10.9 Å². The van der Waals surface area contributed by atoms with Crippen molar-refractivity contribution >= 4 is 10.9 Å². The molecule has 0 bridgehead atoms. The third-order valence-electron chi connectivity index (χ3n) is 5.88. The maximum absolute atomic E-state index is 10.2. The van der Waals surface area contributed by atoms with E-state index in [4.69, 9.17) is 18.9 Å². The van der Waals surface area contributed by atoms with Gasteiger partial charge in [0.15, 0.2) is 12.6 Å². The fourth-order valence-corrected chi connectivity index (χ4v) is 3.93. The highest BCUT2D eigenvalue weighted by atomic mass is 16.7. The second kappa shape index (κ2) is 10.1. The van der Waals surface area contributed by atoms with Crippen molar-refractivity contribution in [2.24, 2.45) is 0 Å². The van der Waals surface area contributed by atoms with Crippen molar-refractivity contribution in [3.63, 3.8) is 0 Å². The molecule has 0 radical (unpaired) electrons. The van der Waals surface area contributed by atoms with Crippen LogP contribution in [-0.2, 0) is 25.4 Å². The van der Waals surface area contributed by atoms with Gasteiger partial charge < -0.3 is 54.6 Å². The van der Waals surface area contributed by atoms with Gasteiger partial charge in [-0.2, -0.15) is 0 Å². The Kier molecular flexibility index (Phi) is 7.42. The van der Waals surface area contributed by atoms with Crippen LogP contribution in [0.1, 0.15) is 5.56 Å². The molecule has 2 saturated heterocycles. The number of H-pyrrole nitrogens is 1. The van der Waals surface area contributed by atoms with Crippen molar-refractivity contribution in [3.05, 3.63) is 36.0 Å². The van der Waals surface area contributed by atoms with Crippen molar-refractivity contribution in [2.45, 2.75) is 61.7 Å². The minimum atomic E-state index is -1.54. The molecule has 2 aromatic rings. The van der Waals surface area contributed by atoms with E-state index >= 15 is 0 Å². The van der Waals surface area contributed by atoms with E-state index in [1.54, 1.807) is 0 Å². The average molecular weight is 455 g/mol. The lowest BCUT2D eigenvalue weighted by Crippen LogP contribution is -2.60. The molecular formula is C21H29NO10. The summed E-state index contributed by atoms with van der Waals surface area (Å²) in [7, 11) is 0. The van der Waals surface area contributed by atoms with E-state index in [-0.39, 0.29) is 19.8 Å². The smallest absolute Gasteiger partial charge is 0.186 e. The summed E-state index contributed by atoms with van der Waals surface area (Å²) in [5.41, 5.74) is 2.02. The first-order chi connectivity index (χ1) is 15.4. The minimum absolute atomic E-state index is 0.189. The molecule has 9 atom stereocenters. The fourth-order valence-electron chi connectivity index (χ4n) is 3.93. The zero-order chi connectivity index (χ0) is 22.8. The summed E-state index contributed by atoms with van der Waals surface area (Å²) >= 11 is 0. The third-order valence-corrected chi connectivity index (χ3v) is 5.88. The molecule has 1 aromatic carbocycles. The molecular weight excluding hydrogens is 426 g/mol. The highest BCUT2D eigenvalue weighted by molar-refractivity contribution is 5.83. The first-order valence-corrected chi connectivity index (χ1v) is 10.5. The average Bonchev–Trinajstić information content (AvgIpc) is 3.21. The molecule has 11 nitrogen and oxygen atoms in total. The molecule has 178 valence electrons. The molecule has 0 amide bonds. The van der Waals surface area contributed by atoms with E-state index in [2.05, 4.69) is 4.98 Å². The van der Waals surface area contributed by atoms with Gasteiger partial charge in [0.05, 0.1) is 19.8 Å². The Morgan fingerprint density at radius 3 is 2.44 bits per heavy atom. The number of ether oxygens (including phenoxy) is 4. The number of fused-ring (bicyclic) bond motifs is 1. The summed E-state index contributed by atoms with van der Waals surface area (Å²) in [6, 6.07) is 7.81. The van der Waals surface area contributed by atoms with Gasteiger partial charge in [-0.3, -0.25) is 0 Å². The van der Waals surface area contributed by atoms with E-state index in [0.29, 0.717) is 6.42 Å². The SMILES string of the molecule is O[C@@H]1[C@@H](O)[C@H](OCCc2c[nH]c3ccccc23)O[C@H](CO[C@@H]2OC[C@@H](O)[C@H](O)[C@H]2O)[C@H]1O. The summed E-state index contributed by atoms with van der Waals surface area (Å²) in [4.78, 5) is 3.17. The van der Waals surface area contributed by atoms with Crippen LogP contribution in [0, 0.1) is 0 Å². The predicted octanol–water partition coefficient (Wildman–Crippen LogP) is -2.01. The lowest BCUT2D eigenvalue weighted by Gasteiger charge is -2.41. The number of hydrogen-bond acceptors (Lipinski definition) is 10. The zero-order valence-electron chi connectivity index (χ0n) is 17.2. The molecule has 0 unspecified atom stereocenters. The first kappa shape index (κ1) is 23.5. The van der Waals surface area contributed by atoms with Crippen molar-refractivity contribution in [1.29, 1.82) is 0 Å². The van der Waals surface area contributed by atoms with Gasteiger partial charge in [-0.15, -0.1) is 0 Å². The summed E-state index contributed by atoms with van der Waals surface area (Å²) in [5, 5.41) is 60.9. The summed E-state index contributed by atoms with van der Waals surface area (Å²) in [6.07, 6.45) is -9.84. The summed E-state index contributed by atoms with van der Waals surface area (Å²) in [5.74, 6) is 0. The highest BCUT2D eigenvalue weighted by Gasteiger charge is 2.45. The quantitative estimate of drug-likeness (QED) is 0.247. The Labute approximate surface area is 183 Å². The maximum atomic E-state index is 10.2. The fraction of sp³-hybridized carbons (Fsp3) is 0.619. The van der Waals surface area contributed by atoms with E-state index in [1.165, 1.54) is 0 Å². The second-order valence-corrected chi connectivity index (χ2v) is 8.08. The molecule has 11 heteroatoms. The van der Waals surface area contributed by atoms with Crippen LogP contribution in [0.2, 0.25) is 0 Å². The van der Waals surface area contributed by atoms with Crippen molar-refractivity contribution < 1.29 is 49.6 Å². The number of benzene rings is 1. The van der Waals surface area contributed by atoms with Crippen LogP contribution in [0.15, 0.2) is 30.5 Å². The van der Waals surface area contributed by atoms with E-state index in [0.717, 1.165) is 16.5 Å². The van der Waals surface area contributed by atoms with Gasteiger partial charge in [0.2, 0.25) is 0 Å². The van der Waals surface area contributed by atoms with Crippen LogP contribution in [-0.4, -0.2) is 111 Å². The number of para-hydroxylation sites is 1. The van der Waals surface area contributed by atoms with Crippen LogP contribution in [0.4, 0.5) is 0 Å². The maximum Gasteiger partial charge on any atom is 0.186 e. The van der Waals surface area contributed by atoms with Gasteiger partial charge in [0.1, 0.15) is 42.7 Å². The second-order valence-electron chi connectivity index (χ2n) is 8.08. The Hall–Kier alpha value is -1.64. The molecule has 0 aliphatic carbocycles. The molecule has 32 heavy (non-hydrogen) atoms. The molecule has 7 N–H and O–H groups in total. The van der Waals surface area contributed by atoms with Gasteiger partial charge >= 0.3 is 0 Å². The van der Waals surface area contributed by atoms with E-state index in [9.17, 15) is 30.6 Å². The number of hydrogen-bond donors (Lipinski definition) is 7. The molecule has 1 aromatic heterocycles. The molecule has 2 fully saturated rings. The molecule has 2 aliphatic heterocycles. The number of nitrogens with one attached hydrogen (secondary N) is 1. The standard InChI is InChI=1S/C21H29NO10/c23-13-8-30-20(18(27)15(13)24)31-9-14-16(25)17(26)19(28)21(32-14)29-6-5-10-7-22-12-4-2-1-3-11(10)12/h1-4,7,13-28H,5-6,8-9H2/t13-,14-,15+,16-,17+,18-,19-,20+,21-/m1/s1. The van der Waals surface area contributed by atoms with Gasteiger partial charge in [0.25, 0.3) is 0 Å². The Morgan fingerprint density at radius 1 is 0.875 bits per heavy atom. The topological polar surface area (TPSA) is 174 Å².